The van der Waals surface area contributed by atoms with Crippen LogP contribution in [0.5, 0.6) is 0 Å². The Kier molecular flexibility index (Phi) is 5.00. The first-order chi connectivity index (χ1) is 13.0. The maximum atomic E-state index is 14.6. The van der Waals surface area contributed by atoms with Gasteiger partial charge in [0.1, 0.15) is 5.78 Å². The van der Waals surface area contributed by atoms with Crippen LogP contribution in [0.2, 0.25) is 10.0 Å². The second kappa shape index (κ2) is 7.29. The summed E-state index contributed by atoms with van der Waals surface area (Å²) in [6.45, 7) is 0. The van der Waals surface area contributed by atoms with Crippen LogP contribution in [0.25, 0.3) is 0 Å². The van der Waals surface area contributed by atoms with Crippen LogP contribution in [-0.2, 0) is 4.57 Å². The van der Waals surface area contributed by atoms with Gasteiger partial charge in [-0.15, -0.1) is 0 Å². The first kappa shape index (κ1) is 18.5. The molecule has 27 heavy (non-hydrogen) atoms. The Balaban J connectivity index is 1.94. The first-order valence-corrected chi connectivity index (χ1v) is 11.2. The van der Waals surface area contributed by atoms with E-state index in [1.807, 2.05) is 60.7 Å². The smallest absolute Gasteiger partial charge is 0.232 e. The SMILES string of the molecule is O=[P@]1(c2ccccc2)[C@H](c2ccc(Cl)cc2Cl)NC(=S)N1c1ccccc1. The van der Waals surface area contributed by atoms with Crippen molar-refractivity contribution in [2.75, 3.05) is 4.67 Å². The molecule has 1 saturated heterocycles. The lowest BCUT2D eigenvalue weighted by Gasteiger charge is -2.28. The van der Waals surface area contributed by atoms with Gasteiger partial charge in [0.2, 0.25) is 7.29 Å². The van der Waals surface area contributed by atoms with Crippen molar-refractivity contribution in [1.29, 1.82) is 0 Å². The molecule has 0 radical (unpaired) electrons. The molecule has 4 rings (SSSR count). The highest BCUT2D eigenvalue weighted by atomic mass is 35.5. The summed E-state index contributed by atoms with van der Waals surface area (Å²) in [4.78, 5) is 0. The Morgan fingerprint density at radius 3 is 2.19 bits per heavy atom. The normalized spacial score (nSPS) is 21.9. The third-order valence-corrected chi connectivity index (χ3v) is 8.65. The topological polar surface area (TPSA) is 32.3 Å². The summed E-state index contributed by atoms with van der Waals surface area (Å²) in [6, 6.07) is 24.1. The summed E-state index contributed by atoms with van der Waals surface area (Å²) in [5.74, 6) is -0.572. The second-order valence-corrected chi connectivity index (χ2v) is 10.0. The number of nitrogens with zero attached hydrogens (tertiary/aromatic N) is 1. The second-order valence-electron chi connectivity index (χ2n) is 6.12. The molecule has 0 amide bonds. The van der Waals surface area contributed by atoms with E-state index in [4.69, 9.17) is 35.4 Å². The highest BCUT2D eigenvalue weighted by Crippen LogP contribution is 2.65. The van der Waals surface area contributed by atoms with Gasteiger partial charge in [-0.25, -0.2) is 0 Å². The number of nitrogens with one attached hydrogen (secondary N) is 1. The van der Waals surface area contributed by atoms with E-state index >= 15 is 0 Å². The van der Waals surface area contributed by atoms with E-state index < -0.39 is 13.1 Å². The van der Waals surface area contributed by atoms with E-state index in [1.54, 1.807) is 22.9 Å². The summed E-state index contributed by atoms with van der Waals surface area (Å²) < 4.78 is 16.3. The molecule has 1 aliphatic heterocycles. The molecular weight excluding hydrogens is 418 g/mol. The molecule has 0 aromatic heterocycles. The zero-order chi connectivity index (χ0) is 19.0. The minimum Gasteiger partial charge on any atom is -0.346 e. The molecule has 3 nitrogen and oxygen atoms in total. The van der Waals surface area contributed by atoms with Gasteiger partial charge in [0, 0.05) is 20.9 Å². The highest BCUT2D eigenvalue weighted by molar-refractivity contribution is 7.84. The van der Waals surface area contributed by atoms with Crippen molar-refractivity contribution in [3.05, 3.63) is 94.5 Å². The van der Waals surface area contributed by atoms with Crippen molar-refractivity contribution in [3.63, 3.8) is 0 Å². The highest BCUT2D eigenvalue weighted by Gasteiger charge is 2.50. The van der Waals surface area contributed by atoms with Crippen molar-refractivity contribution < 1.29 is 4.57 Å². The number of hydrogen-bond donors (Lipinski definition) is 1. The average Bonchev–Trinajstić information content (AvgIpc) is 2.95. The van der Waals surface area contributed by atoms with Crippen molar-refractivity contribution in [2.45, 2.75) is 5.78 Å². The van der Waals surface area contributed by atoms with Crippen molar-refractivity contribution in [3.8, 4) is 0 Å². The zero-order valence-corrected chi connectivity index (χ0v) is 17.3. The molecule has 1 aliphatic rings. The monoisotopic (exact) mass is 432 g/mol. The maximum absolute atomic E-state index is 14.6. The Morgan fingerprint density at radius 2 is 1.56 bits per heavy atom. The van der Waals surface area contributed by atoms with Crippen LogP contribution in [0.3, 0.4) is 0 Å². The standard InChI is InChI=1S/C20H15Cl2N2OPS/c21-14-11-12-17(18(22)13-14)19-23-20(27)24(15-7-3-1-4-8-15)26(19,25)16-9-5-2-6-10-16/h1-13,19H,(H,23,27)/t19-,26-/m1/s1. The summed E-state index contributed by atoms with van der Waals surface area (Å²) in [6.07, 6.45) is 0. The lowest BCUT2D eigenvalue weighted by Crippen LogP contribution is -2.27. The van der Waals surface area contributed by atoms with E-state index in [9.17, 15) is 4.57 Å². The average molecular weight is 433 g/mol. The fraction of sp³-hybridized carbons (Fsp3) is 0.0500. The minimum absolute atomic E-state index is 0.407. The van der Waals surface area contributed by atoms with E-state index in [2.05, 4.69) is 5.32 Å². The maximum Gasteiger partial charge on any atom is 0.232 e. The molecule has 0 aliphatic carbocycles. The van der Waals surface area contributed by atoms with Gasteiger partial charge in [-0.05, 0) is 48.6 Å². The molecule has 0 saturated carbocycles. The molecule has 0 spiro atoms. The third kappa shape index (κ3) is 3.17. The molecule has 7 heteroatoms. The lowest BCUT2D eigenvalue weighted by molar-refractivity contribution is 0.574. The Hall–Kier alpha value is -1.84. The summed E-state index contributed by atoms with van der Waals surface area (Å²) in [5.41, 5.74) is 1.48. The van der Waals surface area contributed by atoms with Crippen LogP contribution in [0.4, 0.5) is 5.69 Å². The first-order valence-electron chi connectivity index (χ1n) is 8.28. The zero-order valence-electron chi connectivity index (χ0n) is 14.0. The number of anilines is 1. The number of halogens is 2. The van der Waals surface area contributed by atoms with Crippen LogP contribution < -0.4 is 15.3 Å². The molecular formula is C20H15Cl2N2OPS. The Labute approximate surface area is 173 Å². The van der Waals surface area contributed by atoms with Crippen LogP contribution in [0.15, 0.2) is 78.9 Å². The van der Waals surface area contributed by atoms with Crippen molar-refractivity contribution >= 4 is 58.8 Å². The van der Waals surface area contributed by atoms with Gasteiger partial charge in [-0.1, -0.05) is 65.7 Å². The van der Waals surface area contributed by atoms with E-state index in [0.29, 0.717) is 26.0 Å². The Bertz CT molecular complexity index is 1050. The van der Waals surface area contributed by atoms with E-state index in [1.165, 1.54) is 0 Å². The number of hydrogen-bond acceptors (Lipinski definition) is 2. The van der Waals surface area contributed by atoms with Gasteiger partial charge >= 0.3 is 0 Å². The number of thiocarbonyl (C=S) groups is 1. The summed E-state index contributed by atoms with van der Waals surface area (Å²) >= 11 is 18.1. The quantitative estimate of drug-likeness (QED) is 0.406. The van der Waals surface area contributed by atoms with Crippen LogP contribution in [0.1, 0.15) is 11.3 Å². The fourth-order valence-corrected chi connectivity index (χ4v) is 7.60. The van der Waals surface area contributed by atoms with Gasteiger partial charge in [0.25, 0.3) is 0 Å². The molecule has 0 bridgehead atoms. The molecule has 3 aromatic rings. The molecule has 1 N–H and O–H groups in total. The fourth-order valence-electron chi connectivity index (χ4n) is 3.27. The third-order valence-electron chi connectivity index (χ3n) is 4.48. The van der Waals surface area contributed by atoms with Gasteiger partial charge < -0.3 is 5.32 Å². The van der Waals surface area contributed by atoms with Crippen LogP contribution >= 0.6 is 42.7 Å². The largest absolute Gasteiger partial charge is 0.346 e. The van der Waals surface area contributed by atoms with Gasteiger partial charge in [0.05, 0.1) is 5.69 Å². The number of benzene rings is 3. The molecule has 1 heterocycles. The molecule has 3 aromatic carbocycles. The molecule has 2 atom stereocenters. The predicted molar refractivity (Wildman–Crippen MR) is 118 cm³/mol. The number of rotatable bonds is 3. The minimum atomic E-state index is -3.23. The molecule has 136 valence electrons. The number of para-hydroxylation sites is 1. The molecule has 1 fully saturated rings. The molecule has 0 unspecified atom stereocenters. The Morgan fingerprint density at radius 1 is 0.926 bits per heavy atom. The van der Waals surface area contributed by atoms with E-state index in [-0.39, 0.29) is 0 Å². The van der Waals surface area contributed by atoms with Crippen molar-refractivity contribution in [2.24, 2.45) is 0 Å². The summed E-state index contributed by atoms with van der Waals surface area (Å²) in [7, 11) is -3.23. The van der Waals surface area contributed by atoms with Crippen molar-refractivity contribution in [1.82, 2.24) is 5.32 Å². The van der Waals surface area contributed by atoms with Gasteiger partial charge in [-0.2, -0.15) is 0 Å². The van der Waals surface area contributed by atoms with E-state index in [0.717, 1.165) is 5.69 Å². The predicted octanol–water partition coefficient (Wildman–Crippen LogP) is 5.99. The van der Waals surface area contributed by atoms with Gasteiger partial charge in [-0.3, -0.25) is 9.24 Å². The lowest BCUT2D eigenvalue weighted by atomic mass is 10.2. The van der Waals surface area contributed by atoms with Crippen LogP contribution in [-0.4, -0.2) is 5.11 Å². The summed E-state index contributed by atoms with van der Waals surface area (Å²) in [5, 5.41) is 5.33. The van der Waals surface area contributed by atoms with Gasteiger partial charge in [0.15, 0.2) is 5.11 Å². The van der Waals surface area contributed by atoms with Crippen LogP contribution in [0, 0.1) is 0 Å².